The van der Waals surface area contributed by atoms with Gasteiger partial charge in [0.15, 0.2) is 0 Å². The molecule has 0 radical (unpaired) electrons. The highest BCUT2D eigenvalue weighted by atomic mass is 16.3. The van der Waals surface area contributed by atoms with Gasteiger partial charge in [0, 0.05) is 32.7 Å². The fourth-order valence-electron chi connectivity index (χ4n) is 3.06. The quantitative estimate of drug-likeness (QED) is 0.770. The maximum absolute atomic E-state index is 12.4. The van der Waals surface area contributed by atoms with Crippen LogP contribution >= 0.6 is 0 Å². The lowest BCUT2D eigenvalue weighted by Gasteiger charge is -2.44. The predicted octanol–water partition coefficient (Wildman–Crippen LogP) is 0.0628. The van der Waals surface area contributed by atoms with E-state index in [4.69, 9.17) is 5.11 Å². The van der Waals surface area contributed by atoms with Crippen LogP contribution < -0.4 is 0 Å². The summed E-state index contributed by atoms with van der Waals surface area (Å²) in [6.07, 6.45) is 1.42. The molecule has 0 bridgehead atoms. The molecular weight excluding hydrogens is 230 g/mol. The first kappa shape index (κ1) is 13.3. The van der Waals surface area contributed by atoms with Crippen molar-refractivity contribution in [3.63, 3.8) is 0 Å². The number of aliphatic hydroxyl groups is 1. The Labute approximate surface area is 108 Å². The summed E-state index contributed by atoms with van der Waals surface area (Å²) in [5, 5.41) is 18.1. The average molecular weight is 251 g/mol. The highest BCUT2D eigenvalue weighted by molar-refractivity contribution is 5.86. The van der Waals surface area contributed by atoms with Gasteiger partial charge in [-0.05, 0) is 18.8 Å². The standard InChI is InChI=1S/C13H21N3O2/c1-11-8-13(9-11,10-14)12(18)16-4-2-15(3-5-16)6-7-17/h11,17H,2-9H2,1H3. The first-order valence-corrected chi connectivity index (χ1v) is 6.65. The van der Waals surface area contributed by atoms with Crippen LogP contribution in [0.1, 0.15) is 19.8 Å². The molecule has 0 spiro atoms. The molecule has 2 aliphatic rings. The molecule has 0 aromatic carbocycles. The van der Waals surface area contributed by atoms with E-state index < -0.39 is 5.41 Å². The molecule has 100 valence electrons. The second-order valence-corrected chi connectivity index (χ2v) is 5.56. The third-order valence-corrected chi connectivity index (χ3v) is 4.09. The number of aliphatic hydroxyl groups excluding tert-OH is 1. The van der Waals surface area contributed by atoms with E-state index in [-0.39, 0.29) is 12.5 Å². The van der Waals surface area contributed by atoms with Crippen molar-refractivity contribution in [2.75, 3.05) is 39.3 Å². The molecule has 5 nitrogen and oxygen atoms in total. The molecule has 2 fully saturated rings. The Hall–Kier alpha value is -1.12. The zero-order chi connectivity index (χ0) is 13.2. The molecule has 1 amide bonds. The number of rotatable bonds is 3. The van der Waals surface area contributed by atoms with E-state index in [2.05, 4.69) is 17.9 Å². The van der Waals surface area contributed by atoms with Crippen LogP contribution in [0.5, 0.6) is 0 Å². The lowest BCUT2D eigenvalue weighted by molar-refractivity contribution is -0.147. The number of nitriles is 1. The average Bonchev–Trinajstić information content (AvgIpc) is 2.35. The predicted molar refractivity (Wildman–Crippen MR) is 66.5 cm³/mol. The normalized spacial score (nSPS) is 32.7. The molecule has 1 saturated carbocycles. The van der Waals surface area contributed by atoms with Crippen LogP contribution in [0.2, 0.25) is 0 Å². The topological polar surface area (TPSA) is 67.6 Å². The van der Waals surface area contributed by atoms with E-state index in [0.29, 0.717) is 38.4 Å². The van der Waals surface area contributed by atoms with Crippen molar-refractivity contribution in [1.29, 1.82) is 5.26 Å². The van der Waals surface area contributed by atoms with E-state index in [0.717, 1.165) is 13.1 Å². The van der Waals surface area contributed by atoms with Gasteiger partial charge in [-0.2, -0.15) is 5.26 Å². The summed E-state index contributed by atoms with van der Waals surface area (Å²) in [6.45, 7) is 5.86. The summed E-state index contributed by atoms with van der Waals surface area (Å²) in [6, 6.07) is 2.23. The van der Waals surface area contributed by atoms with Crippen LogP contribution in [-0.2, 0) is 4.79 Å². The number of piperazine rings is 1. The van der Waals surface area contributed by atoms with Crippen LogP contribution in [0.4, 0.5) is 0 Å². The molecule has 0 aromatic heterocycles. The van der Waals surface area contributed by atoms with Crippen LogP contribution in [0.3, 0.4) is 0 Å². The smallest absolute Gasteiger partial charge is 0.243 e. The minimum absolute atomic E-state index is 0.0201. The van der Waals surface area contributed by atoms with Gasteiger partial charge >= 0.3 is 0 Å². The molecule has 1 N–H and O–H groups in total. The zero-order valence-electron chi connectivity index (χ0n) is 10.9. The highest BCUT2D eigenvalue weighted by Crippen LogP contribution is 2.46. The Bertz CT molecular complexity index is 350. The number of carbonyl (C=O) groups excluding carboxylic acids is 1. The minimum Gasteiger partial charge on any atom is -0.395 e. The van der Waals surface area contributed by atoms with E-state index >= 15 is 0 Å². The maximum Gasteiger partial charge on any atom is 0.243 e. The van der Waals surface area contributed by atoms with Crippen molar-refractivity contribution in [3.8, 4) is 6.07 Å². The van der Waals surface area contributed by atoms with E-state index in [1.165, 1.54) is 0 Å². The Kier molecular flexibility index (Phi) is 3.88. The van der Waals surface area contributed by atoms with Crippen molar-refractivity contribution in [3.05, 3.63) is 0 Å². The Morgan fingerprint density at radius 1 is 1.39 bits per heavy atom. The molecule has 18 heavy (non-hydrogen) atoms. The van der Waals surface area contributed by atoms with Gasteiger partial charge in [0.25, 0.3) is 0 Å². The van der Waals surface area contributed by atoms with Gasteiger partial charge in [-0.1, -0.05) is 6.92 Å². The van der Waals surface area contributed by atoms with Gasteiger partial charge in [0.05, 0.1) is 12.7 Å². The lowest BCUT2D eigenvalue weighted by Crippen LogP contribution is -2.56. The van der Waals surface area contributed by atoms with Crippen molar-refractivity contribution >= 4 is 5.91 Å². The van der Waals surface area contributed by atoms with Gasteiger partial charge < -0.3 is 10.0 Å². The number of hydrogen-bond acceptors (Lipinski definition) is 4. The summed E-state index contributed by atoms with van der Waals surface area (Å²) in [5.74, 6) is 0.510. The molecular formula is C13H21N3O2. The fourth-order valence-corrected chi connectivity index (χ4v) is 3.06. The first-order valence-electron chi connectivity index (χ1n) is 6.65. The van der Waals surface area contributed by atoms with E-state index in [9.17, 15) is 10.1 Å². The maximum atomic E-state index is 12.4. The second-order valence-electron chi connectivity index (χ2n) is 5.56. The molecule has 0 atom stereocenters. The number of β-amino-alcohol motifs (C(OH)–C–C–N with tert-alkyl or cyclic N) is 1. The van der Waals surface area contributed by atoms with Gasteiger partial charge in [0.1, 0.15) is 5.41 Å². The molecule has 2 rings (SSSR count). The van der Waals surface area contributed by atoms with E-state index in [1.54, 1.807) is 0 Å². The van der Waals surface area contributed by atoms with Crippen molar-refractivity contribution in [1.82, 2.24) is 9.80 Å². The molecule has 1 saturated heterocycles. The fraction of sp³-hybridized carbons (Fsp3) is 0.846. The number of nitrogens with zero attached hydrogens (tertiary/aromatic N) is 3. The van der Waals surface area contributed by atoms with Gasteiger partial charge in [-0.15, -0.1) is 0 Å². The van der Waals surface area contributed by atoms with Gasteiger partial charge in [-0.3, -0.25) is 9.69 Å². The number of hydrogen-bond donors (Lipinski definition) is 1. The van der Waals surface area contributed by atoms with Crippen molar-refractivity contribution in [2.45, 2.75) is 19.8 Å². The number of carbonyl (C=O) groups is 1. The highest BCUT2D eigenvalue weighted by Gasteiger charge is 2.50. The van der Waals surface area contributed by atoms with Crippen molar-refractivity contribution in [2.24, 2.45) is 11.3 Å². The third-order valence-electron chi connectivity index (χ3n) is 4.09. The Morgan fingerprint density at radius 2 is 2.00 bits per heavy atom. The largest absolute Gasteiger partial charge is 0.395 e. The molecule has 1 heterocycles. The molecule has 1 aliphatic heterocycles. The van der Waals surface area contributed by atoms with E-state index in [1.807, 2.05) is 4.90 Å². The molecule has 1 aliphatic carbocycles. The third kappa shape index (κ3) is 2.36. The molecule has 0 aromatic rings. The van der Waals surface area contributed by atoms with Crippen LogP contribution in [-0.4, -0.2) is 60.1 Å². The SMILES string of the molecule is CC1CC(C#N)(C(=O)N2CCN(CCO)CC2)C1. The zero-order valence-corrected chi connectivity index (χ0v) is 10.9. The summed E-state index contributed by atoms with van der Waals surface area (Å²) in [7, 11) is 0. The second kappa shape index (κ2) is 5.25. The van der Waals surface area contributed by atoms with Gasteiger partial charge in [-0.25, -0.2) is 0 Å². The van der Waals surface area contributed by atoms with Gasteiger partial charge in [0.2, 0.25) is 5.91 Å². The first-order chi connectivity index (χ1) is 8.61. The molecule has 0 unspecified atom stereocenters. The Balaban J connectivity index is 1.90. The summed E-state index contributed by atoms with van der Waals surface area (Å²) in [5.41, 5.74) is -0.738. The Morgan fingerprint density at radius 3 is 2.44 bits per heavy atom. The van der Waals surface area contributed by atoms with Crippen LogP contribution in [0.15, 0.2) is 0 Å². The summed E-state index contributed by atoms with van der Waals surface area (Å²) >= 11 is 0. The summed E-state index contributed by atoms with van der Waals surface area (Å²) < 4.78 is 0. The van der Waals surface area contributed by atoms with Crippen LogP contribution in [0.25, 0.3) is 0 Å². The lowest BCUT2D eigenvalue weighted by atomic mass is 9.62. The number of amides is 1. The summed E-state index contributed by atoms with van der Waals surface area (Å²) in [4.78, 5) is 16.3. The molecule has 5 heteroatoms. The monoisotopic (exact) mass is 251 g/mol. The van der Waals surface area contributed by atoms with Crippen LogP contribution in [0, 0.1) is 22.7 Å². The van der Waals surface area contributed by atoms with Crippen molar-refractivity contribution < 1.29 is 9.90 Å². The minimum atomic E-state index is -0.738.